The Balaban J connectivity index is 1.73. The summed E-state index contributed by atoms with van der Waals surface area (Å²) in [6, 6.07) is 17.2. The molecule has 2 aromatic carbocycles. The Labute approximate surface area is 164 Å². The van der Waals surface area contributed by atoms with Gasteiger partial charge in [-0.3, -0.25) is 9.89 Å². The first-order valence-corrected chi connectivity index (χ1v) is 9.24. The van der Waals surface area contributed by atoms with Gasteiger partial charge >= 0.3 is 0 Å². The van der Waals surface area contributed by atoms with Crippen molar-refractivity contribution in [1.82, 2.24) is 15.5 Å². The number of benzene rings is 2. The lowest BCUT2D eigenvalue weighted by atomic mass is 10.1. The number of aromatic amines is 1. The SMILES string of the molecule is CC[C@@H](COC)NC(=O)c1ccc(-c2cc(-c3cccc(OC)c3)n[nH]2)cc1. The largest absolute Gasteiger partial charge is 0.497 e. The molecule has 1 atom stereocenters. The fourth-order valence-electron chi connectivity index (χ4n) is 2.93. The highest BCUT2D eigenvalue weighted by Crippen LogP contribution is 2.26. The Hall–Kier alpha value is -3.12. The number of rotatable bonds is 8. The number of aromatic nitrogens is 2. The zero-order valence-electron chi connectivity index (χ0n) is 16.4. The first-order valence-electron chi connectivity index (χ1n) is 9.24. The van der Waals surface area contributed by atoms with Crippen molar-refractivity contribution in [3.63, 3.8) is 0 Å². The van der Waals surface area contributed by atoms with E-state index in [1.54, 1.807) is 14.2 Å². The average Bonchev–Trinajstić information content (AvgIpc) is 3.24. The summed E-state index contributed by atoms with van der Waals surface area (Å²) in [5, 5.41) is 10.4. The summed E-state index contributed by atoms with van der Waals surface area (Å²) < 4.78 is 10.4. The standard InChI is InChI=1S/C22H25N3O3/c1-4-18(14-27-2)23-22(26)16-10-8-15(9-11-16)20-13-21(25-24-20)17-6-5-7-19(12-17)28-3/h5-13,18H,4,14H2,1-3H3,(H,23,26)(H,24,25)/t18-/m0/s1. The first-order chi connectivity index (χ1) is 13.6. The highest BCUT2D eigenvalue weighted by Gasteiger charge is 2.13. The van der Waals surface area contributed by atoms with Crippen LogP contribution in [0.15, 0.2) is 54.6 Å². The first kappa shape index (κ1) is 19.6. The van der Waals surface area contributed by atoms with Gasteiger partial charge in [-0.1, -0.05) is 31.2 Å². The van der Waals surface area contributed by atoms with Gasteiger partial charge in [-0.15, -0.1) is 0 Å². The Morgan fingerprint density at radius 2 is 1.89 bits per heavy atom. The second kappa shape index (κ2) is 9.19. The van der Waals surface area contributed by atoms with Gasteiger partial charge in [0.25, 0.3) is 5.91 Å². The summed E-state index contributed by atoms with van der Waals surface area (Å²) in [4.78, 5) is 12.4. The van der Waals surface area contributed by atoms with Crippen LogP contribution in [0.25, 0.3) is 22.5 Å². The van der Waals surface area contributed by atoms with E-state index < -0.39 is 0 Å². The van der Waals surface area contributed by atoms with Gasteiger partial charge in [-0.2, -0.15) is 5.10 Å². The molecule has 0 radical (unpaired) electrons. The highest BCUT2D eigenvalue weighted by atomic mass is 16.5. The Morgan fingerprint density at radius 3 is 2.57 bits per heavy atom. The van der Waals surface area contributed by atoms with Crippen LogP contribution in [0.4, 0.5) is 0 Å². The quantitative estimate of drug-likeness (QED) is 0.622. The molecular formula is C22H25N3O3. The summed E-state index contributed by atoms with van der Waals surface area (Å²) in [5.74, 6) is 0.688. The summed E-state index contributed by atoms with van der Waals surface area (Å²) in [7, 11) is 3.28. The zero-order chi connectivity index (χ0) is 19.9. The molecule has 0 fully saturated rings. The van der Waals surface area contributed by atoms with Gasteiger partial charge in [0.1, 0.15) is 5.75 Å². The van der Waals surface area contributed by atoms with E-state index in [0.717, 1.165) is 34.7 Å². The van der Waals surface area contributed by atoms with E-state index in [1.807, 2.05) is 61.5 Å². The molecule has 1 heterocycles. The molecule has 0 saturated heterocycles. The molecule has 1 aromatic heterocycles. The van der Waals surface area contributed by atoms with E-state index >= 15 is 0 Å². The number of nitrogens with zero attached hydrogens (tertiary/aromatic N) is 1. The van der Waals surface area contributed by atoms with Crippen LogP contribution >= 0.6 is 0 Å². The minimum Gasteiger partial charge on any atom is -0.497 e. The summed E-state index contributed by atoms with van der Waals surface area (Å²) in [6.07, 6.45) is 0.818. The lowest BCUT2D eigenvalue weighted by molar-refractivity contribution is 0.0894. The number of nitrogens with one attached hydrogen (secondary N) is 2. The number of H-pyrrole nitrogens is 1. The van der Waals surface area contributed by atoms with Gasteiger partial charge in [-0.25, -0.2) is 0 Å². The molecule has 0 aliphatic rings. The third kappa shape index (κ3) is 4.58. The van der Waals surface area contributed by atoms with Crippen LogP contribution in [0.3, 0.4) is 0 Å². The second-order valence-corrected chi connectivity index (χ2v) is 6.51. The molecule has 3 aromatic rings. The van der Waals surface area contributed by atoms with Gasteiger partial charge in [0.15, 0.2) is 0 Å². The monoisotopic (exact) mass is 379 g/mol. The van der Waals surface area contributed by atoms with Gasteiger partial charge in [0, 0.05) is 18.2 Å². The van der Waals surface area contributed by atoms with Crippen molar-refractivity contribution in [2.45, 2.75) is 19.4 Å². The molecule has 28 heavy (non-hydrogen) atoms. The number of amides is 1. The molecule has 1 amide bonds. The zero-order valence-corrected chi connectivity index (χ0v) is 16.4. The Kier molecular flexibility index (Phi) is 6.45. The van der Waals surface area contributed by atoms with Crippen molar-refractivity contribution in [1.29, 1.82) is 0 Å². The van der Waals surface area contributed by atoms with Crippen molar-refractivity contribution in [2.75, 3.05) is 20.8 Å². The molecule has 6 heteroatoms. The van der Waals surface area contributed by atoms with Crippen LogP contribution in [0.1, 0.15) is 23.7 Å². The molecule has 0 unspecified atom stereocenters. The fraction of sp³-hybridized carbons (Fsp3) is 0.273. The normalized spacial score (nSPS) is 11.8. The van der Waals surface area contributed by atoms with Gasteiger partial charge < -0.3 is 14.8 Å². The molecule has 0 aliphatic carbocycles. The van der Waals surface area contributed by atoms with E-state index in [1.165, 1.54) is 0 Å². The molecule has 6 nitrogen and oxygen atoms in total. The topological polar surface area (TPSA) is 76.2 Å². The Morgan fingerprint density at radius 1 is 1.11 bits per heavy atom. The van der Waals surface area contributed by atoms with Gasteiger partial charge in [0.05, 0.1) is 31.1 Å². The third-order valence-corrected chi connectivity index (χ3v) is 4.60. The average molecular weight is 379 g/mol. The summed E-state index contributed by atoms with van der Waals surface area (Å²) in [6.45, 7) is 2.52. The van der Waals surface area contributed by atoms with Crippen LogP contribution in [0.2, 0.25) is 0 Å². The highest BCUT2D eigenvalue weighted by molar-refractivity contribution is 5.94. The van der Waals surface area contributed by atoms with Crippen LogP contribution in [0, 0.1) is 0 Å². The molecule has 0 saturated carbocycles. The number of methoxy groups -OCH3 is 2. The molecule has 2 N–H and O–H groups in total. The van der Waals surface area contributed by atoms with Crippen molar-refractivity contribution in [3.8, 4) is 28.3 Å². The molecular weight excluding hydrogens is 354 g/mol. The maximum atomic E-state index is 12.4. The number of ether oxygens (including phenoxy) is 2. The maximum absolute atomic E-state index is 12.4. The summed E-state index contributed by atoms with van der Waals surface area (Å²) >= 11 is 0. The van der Waals surface area contributed by atoms with Crippen LogP contribution in [-0.4, -0.2) is 43.0 Å². The number of carbonyl (C=O) groups excluding carboxylic acids is 1. The maximum Gasteiger partial charge on any atom is 0.251 e. The second-order valence-electron chi connectivity index (χ2n) is 6.51. The molecule has 0 spiro atoms. The van der Waals surface area contributed by atoms with E-state index in [4.69, 9.17) is 9.47 Å². The number of hydrogen-bond acceptors (Lipinski definition) is 4. The molecule has 146 valence electrons. The minimum atomic E-state index is -0.0999. The van der Waals surface area contributed by atoms with Crippen LogP contribution in [0.5, 0.6) is 5.75 Å². The fourth-order valence-corrected chi connectivity index (χ4v) is 2.93. The van der Waals surface area contributed by atoms with Crippen molar-refractivity contribution in [3.05, 3.63) is 60.2 Å². The van der Waals surface area contributed by atoms with Crippen molar-refractivity contribution < 1.29 is 14.3 Å². The predicted octanol–water partition coefficient (Wildman–Crippen LogP) is 3.91. The smallest absolute Gasteiger partial charge is 0.251 e. The van der Waals surface area contributed by atoms with E-state index in [-0.39, 0.29) is 11.9 Å². The molecule has 0 aliphatic heterocycles. The van der Waals surface area contributed by atoms with Gasteiger partial charge in [0.2, 0.25) is 0 Å². The lowest BCUT2D eigenvalue weighted by Gasteiger charge is -2.15. The number of hydrogen-bond donors (Lipinski definition) is 2. The van der Waals surface area contributed by atoms with Gasteiger partial charge in [-0.05, 0) is 42.3 Å². The molecule has 3 rings (SSSR count). The van der Waals surface area contributed by atoms with E-state index in [2.05, 4.69) is 15.5 Å². The van der Waals surface area contributed by atoms with Crippen LogP contribution in [-0.2, 0) is 4.74 Å². The van der Waals surface area contributed by atoms with E-state index in [9.17, 15) is 4.79 Å². The molecule has 0 bridgehead atoms. The number of carbonyl (C=O) groups is 1. The van der Waals surface area contributed by atoms with Crippen LogP contribution < -0.4 is 10.1 Å². The third-order valence-electron chi connectivity index (χ3n) is 4.60. The summed E-state index contributed by atoms with van der Waals surface area (Å²) in [5.41, 5.74) is 4.27. The predicted molar refractivity (Wildman–Crippen MR) is 109 cm³/mol. The Bertz CT molecular complexity index is 919. The minimum absolute atomic E-state index is 0.00945. The van der Waals surface area contributed by atoms with Crippen molar-refractivity contribution >= 4 is 5.91 Å². The van der Waals surface area contributed by atoms with Crippen molar-refractivity contribution in [2.24, 2.45) is 0 Å². The van der Waals surface area contributed by atoms with E-state index in [0.29, 0.717) is 12.2 Å². The lowest BCUT2D eigenvalue weighted by Crippen LogP contribution is -2.37.